The summed E-state index contributed by atoms with van der Waals surface area (Å²) in [4.78, 5) is 32.1. The van der Waals surface area contributed by atoms with Crippen molar-refractivity contribution in [2.45, 2.75) is 32.6 Å². The Morgan fingerprint density at radius 3 is 2.54 bits per heavy atom. The number of unbranched alkanes of at least 4 members (excludes halogenated alkanes) is 1. The molecule has 216 valence electrons. The largest absolute Gasteiger partial charge is 0.494 e. The van der Waals surface area contributed by atoms with E-state index >= 15 is 0 Å². The number of carbonyl (C=O) groups excluding carboxylic acids is 2. The molecule has 3 N–H and O–H groups in total. The van der Waals surface area contributed by atoms with Crippen LogP contribution < -0.4 is 19.9 Å². The number of benzene rings is 2. The standard InChI is InChI=1S/C32H36N2O6S/c1-20-7-6-9-23-24(19-41-32(20)23)30-28(38-2)13-11-25(34-30)31(37)22(8-4-5-14-33)17-26(36)21-10-12-27(40-16-15-35)29(18-21)39-3/h6-7,9-13,18-19,22,35H,4-5,8,14-17,33H2,1-3H3/t22-/m1/s1. The highest BCUT2D eigenvalue weighted by Crippen LogP contribution is 2.39. The molecule has 0 saturated heterocycles. The van der Waals surface area contributed by atoms with Crippen molar-refractivity contribution in [1.82, 2.24) is 4.98 Å². The lowest BCUT2D eigenvalue weighted by Gasteiger charge is -2.17. The number of ketones is 2. The number of aryl methyl sites for hydroxylation is 1. The van der Waals surface area contributed by atoms with Crippen LogP contribution in [0.1, 0.15) is 52.1 Å². The number of aliphatic hydroxyl groups excluding tert-OH is 1. The molecule has 2 heterocycles. The quantitative estimate of drug-likeness (QED) is 0.133. The number of nitrogens with zero attached hydrogens (tertiary/aromatic N) is 1. The molecule has 1 atom stereocenters. The fourth-order valence-corrected chi connectivity index (χ4v) is 5.89. The number of nitrogens with two attached hydrogens (primary N) is 1. The summed E-state index contributed by atoms with van der Waals surface area (Å²) in [7, 11) is 3.07. The number of ether oxygens (including phenoxy) is 3. The third-order valence-electron chi connectivity index (χ3n) is 7.03. The van der Waals surface area contributed by atoms with Crippen molar-refractivity contribution in [2.24, 2.45) is 11.7 Å². The molecule has 0 aliphatic carbocycles. The summed E-state index contributed by atoms with van der Waals surface area (Å²) in [6, 6.07) is 14.4. The highest BCUT2D eigenvalue weighted by atomic mass is 32.1. The molecule has 0 aliphatic heterocycles. The number of hydrogen-bond acceptors (Lipinski definition) is 9. The summed E-state index contributed by atoms with van der Waals surface area (Å²) in [5, 5.41) is 12.2. The summed E-state index contributed by atoms with van der Waals surface area (Å²) >= 11 is 1.63. The Labute approximate surface area is 244 Å². The predicted octanol–water partition coefficient (Wildman–Crippen LogP) is 5.86. The van der Waals surface area contributed by atoms with Crippen molar-refractivity contribution in [3.8, 4) is 28.5 Å². The van der Waals surface area contributed by atoms with E-state index < -0.39 is 5.92 Å². The van der Waals surface area contributed by atoms with Gasteiger partial charge in [-0.25, -0.2) is 4.98 Å². The van der Waals surface area contributed by atoms with Crippen LogP contribution in [0.4, 0.5) is 0 Å². The van der Waals surface area contributed by atoms with Gasteiger partial charge in [0.05, 0.1) is 20.8 Å². The zero-order valence-corrected chi connectivity index (χ0v) is 24.5. The van der Waals surface area contributed by atoms with E-state index in [-0.39, 0.29) is 31.2 Å². The van der Waals surface area contributed by atoms with Crippen LogP contribution in [0.15, 0.2) is 53.9 Å². The third-order valence-corrected chi connectivity index (χ3v) is 8.16. The summed E-state index contributed by atoms with van der Waals surface area (Å²) in [5.41, 5.74) is 9.11. The Bertz CT molecular complexity index is 1520. The Hall–Kier alpha value is -3.79. The maximum absolute atomic E-state index is 13.9. The fourth-order valence-electron chi connectivity index (χ4n) is 4.85. The summed E-state index contributed by atoms with van der Waals surface area (Å²) in [6.07, 6.45) is 2.01. The molecule has 2 aromatic carbocycles. The molecule has 0 fully saturated rings. The van der Waals surface area contributed by atoms with Gasteiger partial charge in [-0.3, -0.25) is 9.59 Å². The molecule has 0 spiro atoms. The Balaban J connectivity index is 1.64. The average Bonchev–Trinajstić information content (AvgIpc) is 3.44. The van der Waals surface area contributed by atoms with Crippen LogP contribution in [0.5, 0.6) is 17.2 Å². The predicted molar refractivity (Wildman–Crippen MR) is 162 cm³/mol. The number of carbonyl (C=O) groups is 2. The van der Waals surface area contributed by atoms with Crippen LogP contribution in [-0.4, -0.2) is 55.6 Å². The summed E-state index contributed by atoms with van der Waals surface area (Å²) in [6.45, 7) is 2.55. The summed E-state index contributed by atoms with van der Waals surface area (Å²) in [5.74, 6) is 0.450. The highest BCUT2D eigenvalue weighted by molar-refractivity contribution is 7.18. The molecule has 0 unspecified atom stereocenters. The third kappa shape index (κ3) is 6.93. The number of fused-ring (bicyclic) bond motifs is 1. The van der Waals surface area contributed by atoms with Gasteiger partial charge >= 0.3 is 0 Å². The number of hydrogen-bond donors (Lipinski definition) is 2. The fraction of sp³-hybridized carbons (Fsp3) is 0.344. The Kier molecular flexibility index (Phi) is 10.5. The molecule has 8 nitrogen and oxygen atoms in total. The highest BCUT2D eigenvalue weighted by Gasteiger charge is 2.26. The first-order chi connectivity index (χ1) is 19.9. The lowest BCUT2D eigenvalue weighted by atomic mass is 9.88. The molecule has 41 heavy (non-hydrogen) atoms. The van der Waals surface area contributed by atoms with Gasteiger partial charge in [-0.05, 0) is 62.2 Å². The number of aromatic nitrogens is 1. The Morgan fingerprint density at radius 1 is 1.02 bits per heavy atom. The SMILES string of the molecule is COc1cc(C(=O)C[C@@H](CCCCN)C(=O)c2ccc(OC)c(-c3csc4c(C)cccc34)n2)ccc1OCCO. The van der Waals surface area contributed by atoms with Crippen molar-refractivity contribution >= 4 is 33.0 Å². The van der Waals surface area contributed by atoms with Gasteiger partial charge in [0.25, 0.3) is 0 Å². The number of pyridine rings is 1. The maximum Gasteiger partial charge on any atom is 0.184 e. The molecule has 0 aliphatic rings. The number of Topliss-reactive ketones (excluding diaryl/α,β-unsaturated/α-hetero) is 2. The molecule has 0 saturated carbocycles. The topological polar surface area (TPSA) is 121 Å². The van der Waals surface area contributed by atoms with E-state index in [4.69, 9.17) is 30.0 Å². The minimum atomic E-state index is -0.569. The molecule has 4 aromatic rings. The monoisotopic (exact) mass is 576 g/mol. The van der Waals surface area contributed by atoms with E-state index in [0.717, 1.165) is 28.5 Å². The van der Waals surface area contributed by atoms with Crippen molar-refractivity contribution in [3.05, 3.63) is 70.7 Å². The van der Waals surface area contributed by atoms with Gasteiger partial charge in [-0.1, -0.05) is 24.6 Å². The van der Waals surface area contributed by atoms with Crippen LogP contribution >= 0.6 is 11.3 Å². The summed E-state index contributed by atoms with van der Waals surface area (Å²) < 4.78 is 17.7. The number of methoxy groups -OCH3 is 2. The van der Waals surface area contributed by atoms with Crippen LogP contribution in [0.25, 0.3) is 21.3 Å². The van der Waals surface area contributed by atoms with E-state index in [1.165, 1.54) is 12.7 Å². The zero-order valence-electron chi connectivity index (χ0n) is 23.6. The lowest BCUT2D eigenvalue weighted by Crippen LogP contribution is -2.21. The van der Waals surface area contributed by atoms with Gasteiger partial charge in [0.1, 0.15) is 23.7 Å². The Morgan fingerprint density at radius 2 is 1.80 bits per heavy atom. The van der Waals surface area contributed by atoms with Gasteiger partial charge in [-0.2, -0.15) is 0 Å². The van der Waals surface area contributed by atoms with Crippen molar-refractivity contribution in [3.63, 3.8) is 0 Å². The van der Waals surface area contributed by atoms with Crippen molar-refractivity contribution in [1.29, 1.82) is 0 Å². The number of thiophene rings is 1. The van der Waals surface area contributed by atoms with E-state index in [1.54, 1.807) is 48.8 Å². The van der Waals surface area contributed by atoms with Crippen LogP contribution in [0.2, 0.25) is 0 Å². The van der Waals surface area contributed by atoms with Gasteiger partial charge < -0.3 is 25.1 Å². The normalized spacial score (nSPS) is 11.8. The van der Waals surface area contributed by atoms with Crippen molar-refractivity contribution < 1.29 is 28.9 Å². The molecular weight excluding hydrogens is 540 g/mol. The first-order valence-electron chi connectivity index (χ1n) is 13.6. The molecule has 0 radical (unpaired) electrons. The van der Waals surface area contributed by atoms with Crippen LogP contribution in [-0.2, 0) is 0 Å². The maximum atomic E-state index is 13.9. The first-order valence-corrected chi connectivity index (χ1v) is 14.5. The van der Waals surface area contributed by atoms with E-state index in [2.05, 4.69) is 13.0 Å². The second kappa shape index (κ2) is 14.2. The molecular formula is C32H36N2O6S. The van der Waals surface area contributed by atoms with E-state index in [9.17, 15) is 9.59 Å². The lowest BCUT2D eigenvalue weighted by molar-refractivity contribution is 0.0840. The minimum absolute atomic E-state index is 0.0209. The average molecular weight is 577 g/mol. The van der Waals surface area contributed by atoms with E-state index in [0.29, 0.717) is 47.2 Å². The molecule has 0 bridgehead atoms. The van der Waals surface area contributed by atoms with Gasteiger partial charge in [0.2, 0.25) is 0 Å². The van der Waals surface area contributed by atoms with Gasteiger partial charge in [-0.15, -0.1) is 11.3 Å². The van der Waals surface area contributed by atoms with Crippen LogP contribution in [0, 0.1) is 12.8 Å². The van der Waals surface area contributed by atoms with E-state index in [1.807, 2.05) is 17.5 Å². The zero-order chi connectivity index (χ0) is 29.4. The molecule has 0 amide bonds. The van der Waals surface area contributed by atoms with Gasteiger partial charge in [0.15, 0.2) is 23.1 Å². The van der Waals surface area contributed by atoms with Crippen LogP contribution in [0.3, 0.4) is 0 Å². The minimum Gasteiger partial charge on any atom is -0.494 e. The molecule has 9 heteroatoms. The van der Waals surface area contributed by atoms with Gasteiger partial charge in [0, 0.05) is 38.9 Å². The number of aliphatic hydroxyl groups is 1. The first kappa shape index (κ1) is 30.2. The number of rotatable bonds is 15. The smallest absolute Gasteiger partial charge is 0.184 e. The second-order valence-corrected chi connectivity index (χ2v) is 10.6. The second-order valence-electron chi connectivity index (χ2n) is 9.76. The molecule has 4 rings (SSSR count). The molecule has 2 aromatic heterocycles. The van der Waals surface area contributed by atoms with Crippen molar-refractivity contribution in [2.75, 3.05) is 34.0 Å².